The second kappa shape index (κ2) is 6.76. The summed E-state index contributed by atoms with van der Waals surface area (Å²) >= 11 is 0. The SMILES string of the molecule is COc1cccc2c1nc(N)n1nc(CN3CCc4ccccc4CC3)nc21. The monoisotopic (exact) mass is 374 g/mol. The normalized spacial score (nSPS) is 14.9. The molecule has 4 aromatic rings. The van der Waals surface area contributed by atoms with Gasteiger partial charge in [0.2, 0.25) is 5.95 Å². The third kappa shape index (κ3) is 2.84. The molecule has 0 fully saturated rings. The van der Waals surface area contributed by atoms with Crippen LogP contribution in [0.3, 0.4) is 0 Å². The van der Waals surface area contributed by atoms with E-state index in [0.29, 0.717) is 23.8 Å². The summed E-state index contributed by atoms with van der Waals surface area (Å²) in [7, 11) is 1.63. The Bertz CT molecular complexity index is 1140. The Kier molecular flexibility index (Phi) is 4.09. The van der Waals surface area contributed by atoms with Crippen molar-refractivity contribution in [3.05, 3.63) is 59.4 Å². The predicted molar refractivity (Wildman–Crippen MR) is 108 cm³/mol. The first-order valence-corrected chi connectivity index (χ1v) is 9.50. The van der Waals surface area contributed by atoms with Gasteiger partial charge in [0.05, 0.1) is 13.7 Å². The van der Waals surface area contributed by atoms with E-state index in [4.69, 9.17) is 15.5 Å². The quantitative estimate of drug-likeness (QED) is 0.593. The van der Waals surface area contributed by atoms with Crippen LogP contribution in [0.2, 0.25) is 0 Å². The number of ether oxygens (including phenoxy) is 1. The molecular formula is C21H22N6O. The van der Waals surface area contributed by atoms with Crippen LogP contribution >= 0.6 is 0 Å². The van der Waals surface area contributed by atoms with Crippen molar-refractivity contribution in [2.75, 3.05) is 25.9 Å². The van der Waals surface area contributed by atoms with E-state index in [1.807, 2.05) is 18.2 Å². The number of rotatable bonds is 3. The van der Waals surface area contributed by atoms with Gasteiger partial charge in [0.1, 0.15) is 11.3 Å². The molecule has 2 aromatic heterocycles. The molecule has 1 aliphatic rings. The van der Waals surface area contributed by atoms with Gasteiger partial charge in [0.15, 0.2) is 11.5 Å². The zero-order valence-electron chi connectivity index (χ0n) is 15.8. The maximum atomic E-state index is 6.16. The van der Waals surface area contributed by atoms with Crippen molar-refractivity contribution >= 4 is 22.5 Å². The van der Waals surface area contributed by atoms with E-state index in [1.165, 1.54) is 11.1 Å². The van der Waals surface area contributed by atoms with E-state index in [9.17, 15) is 0 Å². The number of hydrogen-bond donors (Lipinski definition) is 1. The Labute approximate surface area is 162 Å². The van der Waals surface area contributed by atoms with E-state index in [-0.39, 0.29) is 0 Å². The minimum Gasteiger partial charge on any atom is -0.494 e. The zero-order chi connectivity index (χ0) is 19.1. The van der Waals surface area contributed by atoms with Gasteiger partial charge in [-0.25, -0.2) is 9.97 Å². The van der Waals surface area contributed by atoms with Crippen LogP contribution in [0.4, 0.5) is 5.95 Å². The van der Waals surface area contributed by atoms with Crippen molar-refractivity contribution in [3.8, 4) is 5.75 Å². The lowest BCUT2D eigenvalue weighted by molar-refractivity contribution is 0.272. The Morgan fingerprint density at radius 1 is 1.00 bits per heavy atom. The van der Waals surface area contributed by atoms with Crippen LogP contribution in [0, 0.1) is 0 Å². The summed E-state index contributed by atoms with van der Waals surface area (Å²) in [5.74, 6) is 1.75. The summed E-state index contributed by atoms with van der Waals surface area (Å²) in [4.78, 5) is 11.7. The molecule has 0 bridgehead atoms. The lowest BCUT2D eigenvalue weighted by atomic mass is 10.0. The average Bonchev–Trinajstić information content (AvgIpc) is 3.04. The van der Waals surface area contributed by atoms with Gasteiger partial charge < -0.3 is 10.5 Å². The van der Waals surface area contributed by atoms with Gasteiger partial charge >= 0.3 is 0 Å². The van der Waals surface area contributed by atoms with Crippen molar-refractivity contribution in [1.82, 2.24) is 24.5 Å². The highest BCUT2D eigenvalue weighted by Gasteiger charge is 2.18. The lowest BCUT2D eigenvalue weighted by Crippen LogP contribution is -2.26. The molecule has 5 rings (SSSR count). The number of hydrogen-bond acceptors (Lipinski definition) is 6. The highest BCUT2D eigenvalue weighted by atomic mass is 16.5. The second-order valence-electron chi connectivity index (χ2n) is 7.13. The molecular weight excluding hydrogens is 352 g/mol. The fraction of sp³-hybridized carbons (Fsp3) is 0.286. The lowest BCUT2D eigenvalue weighted by Gasteiger charge is -2.17. The van der Waals surface area contributed by atoms with Crippen molar-refractivity contribution in [1.29, 1.82) is 0 Å². The maximum Gasteiger partial charge on any atom is 0.223 e. The fourth-order valence-corrected chi connectivity index (χ4v) is 3.97. The standard InChI is InChI=1S/C21H22N6O/c1-28-17-8-4-7-16-19(17)24-21(22)27-20(16)23-18(25-27)13-26-11-9-14-5-2-3-6-15(14)10-12-26/h2-8H,9-13H2,1H3,(H2,22,24). The molecule has 0 amide bonds. The van der Waals surface area contributed by atoms with Crippen molar-refractivity contribution < 1.29 is 4.74 Å². The number of nitrogen functional groups attached to an aromatic ring is 1. The van der Waals surface area contributed by atoms with E-state index in [0.717, 1.165) is 42.8 Å². The molecule has 7 nitrogen and oxygen atoms in total. The Morgan fingerprint density at radius 2 is 1.75 bits per heavy atom. The molecule has 0 radical (unpaired) electrons. The molecule has 3 heterocycles. The third-order valence-corrected chi connectivity index (χ3v) is 5.43. The molecule has 0 spiro atoms. The number of fused-ring (bicyclic) bond motifs is 4. The van der Waals surface area contributed by atoms with Gasteiger partial charge in [-0.3, -0.25) is 4.90 Å². The van der Waals surface area contributed by atoms with Crippen molar-refractivity contribution in [2.24, 2.45) is 0 Å². The van der Waals surface area contributed by atoms with Crippen molar-refractivity contribution in [3.63, 3.8) is 0 Å². The van der Waals surface area contributed by atoms with Gasteiger partial charge in [-0.05, 0) is 36.1 Å². The minimum atomic E-state index is 0.314. The van der Waals surface area contributed by atoms with Crippen LogP contribution in [0.1, 0.15) is 17.0 Å². The average molecular weight is 374 g/mol. The molecule has 0 atom stereocenters. The van der Waals surface area contributed by atoms with Gasteiger partial charge in [-0.1, -0.05) is 30.3 Å². The highest BCUT2D eigenvalue weighted by Crippen LogP contribution is 2.27. The number of benzene rings is 2. The zero-order valence-corrected chi connectivity index (χ0v) is 15.8. The first kappa shape index (κ1) is 16.9. The number of nitrogens with zero attached hydrogens (tertiary/aromatic N) is 5. The second-order valence-corrected chi connectivity index (χ2v) is 7.13. The molecule has 2 aromatic carbocycles. The van der Waals surface area contributed by atoms with Crippen LogP contribution in [-0.4, -0.2) is 44.7 Å². The number of nitrogens with two attached hydrogens (primary N) is 1. The molecule has 0 unspecified atom stereocenters. The fourth-order valence-electron chi connectivity index (χ4n) is 3.97. The molecule has 0 saturated carbocycles. The van der Waals surface area contributed by atoms with Gasteiger partial charge in [-0.2, -0.15) is 4.52 Å². The summed E-state index contributed by atoms with van der Waals surface area (Å²) in [5, 5.41) is 5.51. The van der Waals surface area contributed by atoms with Crippen molar-refractivity contribution in [2.45, 2.75) is 19.4 Å². The van der Waals surface area contributed by atoms with Crippen LogP contribution in [0.15, 0.2) is 42.5 Å². The summed E-state index contributed by atoms with van der Waals surface area (Å²) in [6.07, 6.45) is 2.10. The first-order valence-electron chi connectivity index (χ1n) is 9.50. The number of aromatic nitrogens is 4. The largest absolute Gasteiger partial charge is 0.494 e. The highest BCUT2D eigenvalue weighted by molar-refractivity contribution is 5.95. The molecule has 0 aliphatic carbocycles. The van der Waals surface area contributed by atoms with E-state index in [2.05, 4.69) is 39.2 Å². The Balaban J connectivity index is 1.47. The topological polar surface area (TPSA) is 81.6 Å². The molecule has 7 heteroatoms. The smallest absolute Gasteiger partial charge is 0.223 e. The molecule has 28 heavy (non-hydrogen) atoms. The van der Waals surface area contributed by atoms with E-state index < -0.39 is 0 Å². The van der Waals surface area contributed by atoms with E-state index in [1.54, 1.807) is 11.6 Å². The van der Waals surface area contributed by atoms with Crippen LogP contribution in [-0.2, 0) is 19.4 Å². The van der Waals surface area contributed by atoms with Gasteiger partial charge in [0, 0.05) is 18.5 Å². The van der Waals surface area contributed by atoms with Crippen LogP contribution in [0.5, 0.6) is 5.75 Å². The maximum absolute atomic E-state index is 6.16. The minimum absolute atomic E-state index is 0.314. The predicted octanol–water partition coefficient (Wildman–Crippen LogP) is 2.47. The first-order chi connectivity index (χ1) is 13.7. The Hall–Kier alpha value is -3.19. The van der Waals surface area contributed by atoms with Crippen LogP contribution < -0.4 is 10.5 Å². The molecule has 1 aliphatic heterocycles. The number of para-hydroxylation sites is 1. The van der Waals surface area contributed by atoms with Gasteiger partial charge in [-0.15, -0.1) is 5.10 Å². The summed E-state index contributed by atoms with van der Waals surface area (Å²) < 4.78 is 7.05. The number of methoxy groups -OCH3 is 1. The third-order valence-electron chi connectivity index (χ3n) is 5.43. The van der Waals surface area contributed by atoms with E-state index >= 15 is 0 Å². The summed E-state index contributed by atoms with van der Waals surface area (Å²) in [5.41, 5.74) is 10.5. The van der Waals surface area contributed by atoms with Gasteiger partial charge in [0.25, 0.3) is 0 Å². The van der Waals surface area contributed by atoms with Crippen LogP contribution in [0.25, 0.3) is 16.6 Å². The summed E-state index contributed by atoms with van der Waals surface area (Å²) in [6, 6.07) is 14.5. The molecule has 0 saturated heterocycles. The Morgan fingerprint density at radius 3 is 2.46 bits per heavy atom. The number of anilines is 1. The molecule has 2 N–H and O–H groups in total. The summed E-state index contributed by atoms with van der Waals surface area (Å²) in [6.45, 7) is 2.68. The molecule has 142 valence electrons.